The van der Waals surface area contributed by atoms with Crippen LogP contribution in [0.5, 0.6) is 11.5 Å². The van der Waals surface area contributed by atoms with Crippen LogP contribution < -0.4 is 14.9 Å². The molecule has 0 atom stereocenters. The van der Waals surface area contributed by atoms with Crippen molar-refractivity contribution in [3.8, 4) is 22.8 Å². The van der Waals surface area contributed by atoms with Crippen LogP contribution in [0.1, 0.15) is 12.5 Å². The van der Waals surface area contributed by atoms with E-state index in [0.29, 0.717) is 12.4 Å². The lowest BCUT2D eigenvalue weighted by Crippen LogP contribution is -1.96. The lowest BCUT2D eigenvalue weighted by molar-refractivity contribution is 0.311. The van der Waals surface area contributed by atoms with Crippen molar-refractivity contribution >= 4 is 22.7 Å². The molecular formula is C19H19N3O2S. The summed E-state index contributed by atoms with van der Waals surface area (Å²) < 4.78 is 10.8. The smallest absolute Gasteiger partial charge is 0.203 e. The predicted octanol–water partition coefficient (Wildman–Crippen LogP) is 4.66. The van der Waals surface area contributed by atoms with Gasteiger partial charge in [0.1, 0.15) is 0 Å². The van der Waals surface area contributed by atoms with E-state index in [1.165, 1.54) is 11.3 Å². The summed E-state index contributed by atoms with van der Waals surface area (Å²) in [7, 11) is 1.62. The molecule has 0 fully saturated rings. The van der Waals surface area contributed by atoms with Gasteiger partial charge in [-0.2, -0.15) is 5.10 Å². The van der Waals surface area contributed by atoms with Crippen molar-refractivity contribution in [2.75, 3.05) is 19.1 Å². The first-order chi connectivity index (χ1) is 12.3. The van der Waals surface area contributed by atoms with Gasteiger partial charge in [-0.1, -0.05) is 30.3 Å². The molecule has 0 aliphatic carbocycles. The maximum atomic E-state index is 5.51. The number of aromatic nitrogens is 1. The van der Waals surface area contributed by atoms with E-state index >= 15 is 0 Å². The third-order valence-corrected chi connectivity index (χ3v) is 4.18. The third kappa shape index (κ3) is 4.36. The molecule has 0 amide bonds. The van der Waals surface area contributed by atoms with Crippen molar-refractivity contribution in [2.24, 2.45) is 5.10 Å². The summed E-state index contributed by atoms with van der Waals surface area (Å²) in [5, 5.41) is 7.00. The summed E-state index contributed by atoms with van der Waals surface area (Å²) in [6, 6.07) is 15.7. The number of nitrogens with one attached hydrogen (secondary N) is 1. The molecule has 3 aromatic rings. The van der Waals surface area contributed by atoms with Gasteiger partial charge in [0.2, 0.25) is 5.13 Å². The molecule has 0 aliphatic heterocycles. The quantitative estimate of drug-likeness (QED) is 0.496. The van der Waals surface area contributed by atoms with Gasteiger partial charge >= 0.3 is 0 Å². The van der Waals surface area contributed by atoms with E-state index in [1.54, 1.807) is 13.3 Å². The molecule has 2 aromatic carbocycles. The number of ether oxygens (including phenoxy) is 2. The molecule has 0 radical (unpaired) electrons. The molecule has 25 heavy (non-hydrogen) atoms. The summed E-state index contributed by atoms with van der Waals surface area (Å²) in [6.07, 6.45) is 1.72. The van der Waals surface area contributed by atoms with E-state index in [9.17, 15) is 0 Å². The van der Waals surface area contributed by atoms with Crippen LogP contribution in [0.3, 0.4) is 0 Å². The zero-order chi connectivity index (χ0) is 17.5. The van der Waals surface area contributed by atoms with Crippen LogP contribution in [-0.4, -0.2) is 24.9 Å². The van der Waals surface area contributed by atoms with Gasteiger partial charge in [-0.05, 0) is 30.7 Å². The molecule has 0 bridgehead atoms. The van der Waals surface area contributed by atoms with E-state index in [0.717, 1.165) is 27.7 Å². The van der Waals surface area contributed by atoms with Crippen LogP contribution in [0.15, 0.2) is 59.0 Å². The first-order valence-corrected chi connectivity index (χ1v) is 8.79. The molecule has 0 unspecified atom stereocenters. The number of thiazole rings is 1. The topological polar surface area (TPSA) is 55.7 Å². The molecule has 5 nitrogen and oxygen atoms in total. The highest BCUT2D eigenvalue weighted by Gasteiger charge is 2.05. The zero-order valence-electron chi connectivity index (χ0n) is 14.1. The fourth-order valence-electron chi connectivity index (χ4n) is 2.27. The Morgan fingerprint density at radius 1 is 1.16 bits per heavy atom. The minimum atomic E-state index is 0.596. The molecule has 1 heterocycles. The Morgan fingerprint density at radius 2 is 2.00 bits per heavy atom. The second kappa shape index (κ2) is 8.30. The molecule has 6 heteroatoms. The molecule has 1 N–H and O–H groups in total. The van der Waals surface area contributed by atoms with Crippen molar-refractivity contribution < 1.29 is 9.47 Å². The number of methoxy groups -OCH3 is 1. The number of hydrazone groups is 1. The van der Waals surface area contributed by atoms with Crippen molar-refractivity contribution in [2.45, 2.75) is 6.92 Å². The van der Waals surface area contributed by atoms with Gasteiger partial charge in [-0.3, -0.25) is 5.43 Å². The second-order valence-electron chi connectivity index (χ2n) is 5.12. The standard InChI is InChI=1S/C19H19N3O2S/c1-3-24-17-10-9-14(11-18(17)23-2)12-20-22-19-21-16(13-25-19)15-7-5-4-6-8-15/h4-13H,3H2,1-2H3,(H,21,22)/b20-12+. The van der Waals surface area contributed by atoms with Crippen LogP contribution in [0.2, 0.25) is 0 Å². The molecular weight excluding hydrogens is 334 g/mol. The van der Waals surface area contributed by atoms with Gasteiger partial charge in [0.05, 0.1) is 25.6 Å². The first-order valence-electron chi connectivity index (χ1n) is 7.91. The van der Waals surface area contributed by atoms with E-state index in [2.05, 4.69) is 15.5 Å². The van der Waals surface area contributed by atoms with Gasteiger partial charge in [0.25, 0.3) is 0 Å². The van der Waals surface area contributed by atoms with Gasteiger partial charge in [0.15, 0.2) is 11.5 Å². The van der Waals surface area contributed by atoms with E-state index < -0.39 is 0 Å². The van der Waals surface area contributed by atoms with Crippen LogP contribution >= 0.6 is 11.3 Å². The first kappa shape index (κ1) is 17.0. The van der Waals surface area contributed by atoms with Crippen LogP contribution in [0, 0.1) is 0 Å². The highest BCUT2D eigenvalue weighted by molar-refractivity contribution is 7.14. The van der Waals surface area contributed by atoms with Gasteiger partial charge in [0, 0.05) is 10.9 Å². The van der Waals surface area contributed by atoms with Gasteiger partial charge < -0.3 is 9.47 Å². The maximum Gasteiger partial charge on any atom is 0.203 e. The van der Waals surface area contributed by atoms with Crippen molar-refractivity contribution in [1.82, 2.24) is 4.98 Å². The maximum absolute atomic E-state index is 5.51. The Labute approximate surface area is 151 Å². The Bertz CT molecular complexity index is 847. The Morgan fingerprint density at radius 3 is 2.76 bits per heavy atom. The van der Waals surface area contributed by atoms with Gasteiger partial charge in [-0.15, -0.1) is 11.3 Å². The summed E-state index contributed by atoms with van der Waals surface area (Å²) in [5.74, 6) is 1.41. The monoisotopic (exact) mass is 353 g/mol. The molecule has 0 saturated heterocycles. The fourth-order valence-corrected chi connectivity index (χ4v) is 2.94. The Hall–Kier alpha value is -2.86. The summed E-state index contributed by atoms with van der Waals surface area (Å²) >= 11 is 1.52. The molecule has 0 aliphatic rings. The minimum Gasteiger partial charge on any atom is -0.493 e. The molecule has 128 valence electrons. The number of hydrogen-bond donors (Lipinski definition) is 1. The van der Waals surface area contributed by atoms with Gasteiger partial charge in [-0.25, -0.2) is 4.98 Å². The minimum absolute atomic E-state index is 0.596. The second-order valence-corrected chi connectivity index (χ2v) is 5.98. The molecule has 0 saturated carbocycles. The Balaban J connectivity index is 1.66. The summed E-state index contributed by atoms with van der Waals surface area (Å²) in [6.45, 7) is 2.54. The van der Waals surface area contributed by atoms with Crippen molar-refractivity contribution in [1.29, 1.82) is 0 Å². The van der Waals surface area contributed by atoms with E-state index in [4.69, 9.17) is 9.47 Å². The van der Waals surface area contributed by atoms with Crippen LogP contribution in [-0.2, 0) is 0 Å². The van der Waals surface area contributed by atoms with Crippen LogP contribution in [0.4, 0.5) is 5.13 Å². The number of nitrogens with zero attached hydrogens (tertiary/aromatic N) is 2. The highest BCUT2D eigenvalue weighted by Crippen LogP contribution is 2.28. The normalized spacial score (nSPS) is 10.8. The average Bonchev–Trinajstić information content (AvgIpc) is 3.13. The van der Waals surface area contributed by atoms with E-state index in [1.807, 2.05) is 60.8 Å². The lowest BCUT2D eigenvalue weighted by atomic mass is 10.2. The third-order valence-electron chi connectivity index (χ3n) is 3.44. The summed E-state index contributed by atoms with van der Waals surface area (Å²) in [4.78, 5) is 4.53. The van der Waals surface area contributed by atoms with Crippen molar-refractivity contribution in [3.05, 3.63) is 59.5 Å². The van der Waals surface area contributed by atoms with E-state index in [-0.39, 0.29) is 0 Å². The largest absolute Gasteiger partial charge is 0.493 e. The molecule has 1 aromatic heterocycles. The SMILES string of the molecule is CCOc1ccc(/C=N/Nc2nc(-c3ccccc3)cs2)cc1OC. The Kier molecular flexibility index (Phi) is 5.64. The summed E-state index contributed by atoms with van der Waals surface area (Å²) in [5.41, 5.74) is 5.90. The predicted molar refractivity (Wildman–Crippen MR) is 103 cm³/mol. The lowest BCUT2D eigenvalue weighted by Gasteiger charge is -2.09. The molecule has 0 spiro atoms. The number of anilines is 1. The number of benzene rings is 2. The zero-order valence-corrected chi connectivity index (χ0v) is 14.9. The average molecular weight is 353 g/mol. The number of rotatable bonds is 7. The van der Waals surface area contributed by atoms with Crippen LogP contribution in [0.25, 0.3) is 11.3 Å². The number of hydrogen-bond acceptors (Lipinski definition) is 6. The van der Waals surface area contributed by atoms with Crippen molar-refractivity contribution in [3.63, 3.8) is 0 Å². The highest BCUT2D eigenvalue weighted by atomic mass is 32.1. The molecule has 3 rings (SSSR count). The fraction of sp³-hybridized carbons (Fsp3) is 0.158.